The van der Waals surface area contributed by atoms with E-state index in [1.807, 2.05) is 77.3 Å². The second kappa shape index (κ2) is 8.20. The second-order valence-corrected chi connectivity index (χ2v) is 6.17. The summed E-state index contributed by atoms with van der Waals surface area (Å²) in [7, 11) is 1.97. The van der Waals surface area contributed by atoms with Crippen LogP contribution in [0.1, 0.15) is 11.4 Å². The third kappa shape index (κ3) is 4.63. The van der Waals surface area contributed by atoms with Crippen LogP contribution in [0.15, 0.2) is 67.0 Å². The van der Waals surface area contributed by atoms with Crippen LogP contribution in [-0.4, -0.2) is 22.0 Å². The quantitative estimate of drug-likeness (QED) is 0.655. The van der Waals surface area contributed by atoms with Crippen molar-refractivity contribution in [1.29, 1.82) is 0 Å². The first-order chi connectivity index (χ1) is 12.6. The van der Waals surface area contributed by atoms with Crippen LogP contribution < -0.4 is 16.0 Å². The van der Waals surface area contributed by atoms with Crippen LogP contribution in [0.5, 0.6) is 0 Å². The van der Waals surface area contributed by atoms with Gasteiger partial charge in [0.1, 0.15) is 5.82 Å². The molecule has 2 aromatic carbocycles. The van der Waals surface area contributed by atoms with Gasteiger partial charge in [0, 0.05) is 37.4 Å². The molecule has 0 radical (unpaired) electrons. The summed E-state index contributed by atoms with van der Waals surface area (Å²) in [6.45, 7) is 1.41. The smallest absolute Gasteiger partial charge is 0.236 e. The molecule has 6 nitrogen and oxygen atoms in total. The van der Waals surface area contributed by atoms with E-state index in [9.17, 15) is 4.79 Å². The number of imidazole rings is 1. The molecule has 0 bridgehead atoms. The molecule has 0 aliphatic carbocycles. The molecule has 0 atom stereocenters. The zero-order valence-electron chi connectivity index (χ0n) is 14.8. The van der Waals surface area contributed by atoms with Gasteiger partial charge in [0.2, 0.25) is 5.91 Å². The molecule has 26 heavy (non-hydrogen) atoms. The number of carbonyl (C=O) groups excluding carboxylic acids is 1. The third-order valence-electron chi connectivity index (χ3n) is 4.15. The van der Waals surface area contributed by atoms with E-state index in [1.54, 1.807) is 6.20 Å². The number of rotatable bonds is 8. The Morgan fingerprint density at radius 1 is 1.19 bits per heavy atom. The number of nitrogens with one attached hydrogen (secondary N) is 1. The lowest BCUT2D eigenvalue weighted by molar-refractivity contribution is -0.116. The van der Waals surface area contributed by atoms with Crippen molar-refractivity contribution in [2.45, 2.75) is 13.1 Å². The molecular weight excluding hydrogens is 326 g/mol. The maximum atomic E-state index is 11.5. The average Bonchev–Trinajstić information content (AvgIpc) is 3.05. The predicted octanol–water partition coefficient (Wildman–Crippen LogP) is 2.52. The highest BCUT2D eigenvalue weighted by atomic mass is 16.1. The third-order valence-corrected chi connectivity index (χ3v) is 4.15. The molecular formula is C20H23N5O. The summed E-state index contributed by atoms with van der Waals surface area (Å²) in [5.74, 6) is 0.598. The molecule has 0 saturated carbocycles. The monoisotopic (exact) mass is 349 g/mol. The van der Waals surface area contributed by atoms with Crippen LogP contribution in [0, 0.1) is 0 Å². The van der Waals surface area contributed by atoms with E-state index < -0.39 is 0 Å². The molecule has 0 spiro atoms. The van der Waals surface area contributed by atoms with Gasteiger partial charge in [-0.05, 0) is 23.8 Å². The summed E-state index contributed by atoms with van der Waals surface area (Å²) in [5, 5.41) is 3.37. The van der Waals surface area contributed by atoms with Crippen molar-refractivity contribution in [3.8, 4) is 0 Å². The summed E-state index contributed by atoms with van der Waals surface area (Å²) < 4.78 is 1.98. The van der Waals surface area contributed by atoms with Crippen molar-refractivity contribution in [2.75, 3.05) is 16.8 Å². The number of amides is 1. The van der Waals surface area contributed by atoms with Crippen LogP contribution in [0.25, 0.3) is 0 Å². The predicted molar refractivity (Wildman–Crippen MR) is 104 cm³/mol. The number of benzene rings is 2. The molecule has 0 saturated heterocycles. The van der Waals surface area contributed by atoms with Gasteiger partial charge in [-0.15, -0.1) is 0 Å². The molecule has 3 aromatic rings. The van der Waals surface area contributed by atoms with Gasteiger partial charge in [-0.1, -0.05) is 36.4 Å². The van der Waals surface area contributed by atoms with Gasteiger partial charge in [0.25, 0.3) is 0 Å². The molecule has 0 unspecified atom stereocenters. The Balaban J connectivity index is 1.75. The first-order valence-electron chi connectivity index (χ1n) is 8.49. The molecule has 1 aromatic heterocycles. The zero-order chi connectivity index (χ0) is 18.4. The standard InChI is InChI=1S/C20H23N5O/c1-24-11-10-22-20(24)13-23-17-8-5-9-18(12-17)25(15-19(21)26)14-16-6-3-2-4-7-16/h2-12,23H,13-15H2,1H3,(H2,21,26). The molecule has 1 amide bonds. The fourth-order valence-corrected chi connectivity index (χ4v) is 2.79. The number of anilines is 2. The molecule has 0 aliphatic rings. The Bertz CT molecular complexity index is 859. The van der Waals surface area contributed by atoms with Gasteiger partial charge in [-0.2, -0.15) is 0 Å². The Kier molecular flexibility index (Phi) is 5.53. The van der Waals surface area contributed by atoms with Gasteiger partial charge >= 0.3 is 0 Å². The lowest BCUT2D eigenvalue weighted by atomic mass is 10.2. The number of carbonyl (C=O) groups is 1. The van der Waals surface area contributed by atoms with E-state index >= 15 is 0 Å². The minimum atomic E-state index is -0.354. The number of nitrogens with two attached hydrogens (primary N) is 1. The molecule has 1 heterocycles. The van der Waals surface area contributed by atoms with Crippen LogP contribution in [0.4, 0.5) is 11.4 Å². The van der Waals surface area contributed by atoms with Crippen LogP contribution in [0.3, 0.4) is 0 Å². The van der Waals surface area contributed by atoms with Gasteiger partial charge in [0.05, 0.1) is 13.1 Å². The maximum Gasteiger partial charge on any atom is 0.236 e. The molecule has 0 aliphatic heterocycles. The summed E-state index contributed by atoms with van der Waals surface area (Å²) in [6.07, 6.45) is 3.70. The SMILES string of the molecule is Cn1ccnc1CNc1cccc(N(CC(N)=O)Cc2ccccc2)c1. The van der Waals surface area contributed by atoms with Crippen LogP contribution in [-0.2, 0) is 24.9 Å². The van der Waals surface area contributed by atoms with Crippen molar-refractivity contribution in [2.24, 2.45) is 12.8 Å². The number of nitrogens with zero attached hydrogens (tertiary/aromatic N) is 3. The topological polar surface area (TPSA) is 76.2 Å². The fourth-order valence-electron chi connectivity index (χ4n) is 2.79. The molecule has 3 rings (SSSR count). The number of hydrogen-bond donors (Lipinski definition) is 2. The highest BCUT2D eigenvalue weighted by Gasteiger charge is 2.11. The summed E-state index contributed by atoms with van der Waals surface area (Å²) >= 11 is 0. The maximum absolute atomic E-state index is 11.5. The van der Waals surface area contributed by atoms with E-state index in [0.29, 0.717) is 13.1 Å². The van der Waals surface area contributed by atoms with Gasteiger partial charge in [-0.3, -0.25) is 4.79 Å². The minimum Gasteiger partial charge on any atom is -0.378 e. The highest BCUT2D eigenvalue weighted by Crippen LogP contribution is 2.22. The summed E-state index contributed by atoms with van der Waals surface area (Å²) in [6, 6.07) is 18.0. The Hall–Kier alpha value is -3.28. The van der Waals surface area contributed by atoms with Crippen molar-refractivity contribution in [1.82, 2.24) is 9.55 Å². The number of aromatic nitrogens is 2. The first-order valence-corrected chi connectivity index (χ1v) is 8.49. The van der Waals surface area contributed by atoms with Crippen molar-refractivity contribution < 1.29 is 4.79 Å². The number of aryl methyl sites for hydroxylation is 1. The van der Waals surface area contributed by atoms with Crippen LogP contribution >= 0.6 is 0 Å². The van der Waals surface area contributed by atoms with Gasteiger partial charge < -0.3 is 20.5 Å². The first kappa shape index (κ1) is 17.5. The molecule has 3 N–H and O–H groups in total. The number of hydrogen-bond acceptors (Lipinski definition) is 4. The lowest BCUT2D eigenvalue weighted by Crippen LogP contribution is -2.33. The fraction of sp³-hybridized carbons (Fsp3) is 0.200. The lowest BCUT2D eigenvalue weighted by Gasteiger charge is -2.24. The Labute approximate surface area is 153 Å². The van der Waals surface area contributed by atoms with Crippen molar-refractivity contribution >= 4 is 17.3 Å². The number of primary amides is 1. The van der Waals surface area contributed by atoms with Gasteiger partial charge in [-0.25, -0.2) is 4.98 Å². The van der Waals surface area contributed by atoms with E-state index in [0.717, 1.165) is 22.8 Å². The largest absolute Gasteiger partial charge is 0.378 e. The van der Waals surface area contributed by atoms with Crippen molar-refractivity contribution in [3.05, 3.63) is 78.4 Å². The van der Waals surface area contributed by atoms with E-state index in [-0.39, 0.29) is 12.5 Å². The summed E-state index contributed by atoms with van der Waals surface area (Å²) in [4.78, 5) is 17.8. The molecule has 134 valence electrons. The van der Waals surface area contributed by atoms with Gasteiger partial charge in [0.15, 0.2) is 0 Å². The molecule has 6 heteroatoms. The van der Waals surface area contributed by atoms with E-state index in [2.05, 4.69) is 10.3 Å². The Morgan fingerprint density at radius 3 is 2.69 bits per heavy atom. The Morgan fingerprint density at radius 2 is 2.00 bits per heavy atom. The van der Waals surface area contributed by atoms with Crippen LogP contribution in [0.2, 0.25) is 0 Å². The van der Waals surface area contributed by atoms with E-state index in [4.69, 9.17) is 5.73 Å². The molecule has 0 fully saturated rings. The average molecular weight is 349 g/mol. The zero-order valence-corrected chi connectivity index (χ0v) is 14.8. The normalized spacial score (nSPS) is 10.5. The summed E-state index contributed by atoms with van der Waals surface area (Å²) in [5.41, 5.74) is 8.49. The highest BCUT2D eigenvalue weighted by molar-refractivity contribution is 5.80. The van der Waals surface area contributed by atoms with E-state index in [1.165, 1.54) is 0 Å². The second-order valence-electron chi connectivity index (χ2n) is 6.17. The minimum absolute atomic E-state index is 0.164. The van der Waals surface area contributed by atoms with Crippen molar-refractivity contribution in [3.63, 3.8) is 0 Å².